The van der Waals surface area contributed by atoms with Crippen LogP contribution in [0.5, 0.6) is 11.5 Å². The lowest BCUT2D eigenvalue weighted by atomic mass is 10.1. The number of ether oxygens (including phenoxy) is 4. The number of esters is 2. The van der Waals surface area contributed by atoms with E-state index in [0.29, 0.717) is 17.2 Å². The first-order chi connectivity index (χ1) is 17.3. The molecule has 2 N–H and O–H groups in total. The molecule has 2 atom stereocenters. The van der Waals surface area contributed by atoms with Crippen molar-refractivity contribution in [2.45, 2.75) is 12.2 Å². The summed E-state index contributed by atoms with van der Waals surface area (Å²) in [6, 6.07) is 19.8. The van der Waals surface area contributed by atoms with Crippen LogP contribution in [0.4, 0.5) is 5.69 Å². The number of methoxy groups -OCH3 is 2. The number of benzene rings is 3. The zero-order valence-corrected chi connectivity index (χ0v) is 19.4. The van der Waals surface area contributed by atoms with Gasteiger partial charge in [-0.05, 0) is 48.5 Å². The van der Waals surface area contributed by atoms with Gasteiger partial charge >= 0.3 is 17.9 Å². The first-order valence-corrected chi connectivity index (χ1v) is 10.6. The van der Waals surface area contributed by atoms with Gasteiger partial charge in [0.2, 0.25) is 12.2 Å². The molecule has 0 aliphatic rings. The molecule has 0 aliphatic carbocycles. The first kappa shape index (κ1) is 25.8. The summed E-state index contributed by atoms with van der Waals surface area (Å²) in [4.78, 5) is 50.8. The van der Waals surface area contributed by atoms with Crippen molar-refractivity contribution in [2.24, 2.45) is 0 Å². The number of anilines is 1. The number of carbonyl (C=O) groups is 4. The van der Waals surface area contributed by atoms with Crippen molar-refractivity contribution < 1.29 is 43.2 Å². The van der Waals surface area contributed by atoms with Gasteiger partial charge in [0, 0.05) is 5.69 Å². The van der Waals surface area contributed by atoms with Crippen molar-refractivity contribution in [3.8, 4) is 11.5 Å². The molecule has 10 nitrogen and oxygen atoms in total. The Morgan fingerprint density at radius 3 is 1.67 bits per heavy atom. The van der Waals surface area contributed by atoms with E-state index in [-0.39, 0.29) is 11.1 Å². The maximum Gasteiger partial charge on any atom is 0.349 e. The highest BCUT2D eigenvalue weighted by atomic mass is 16.6. The number of amides is 1. The van der Waals surface area contributed by atoms with E-state index < -0.39 is 36.0 Å². The number of aliphatic carboxylic acids is 1. The fourth-order valence-electron chi connectivity index (χ4n) is 3.10. The lowest BCUT2D eigenvalue weighted by Gasteiger charge is -2.23. The quantitative estimate of drug-likeness (QED) is 0.408. The van der Waals surface area contributed by atoms with E-state index in [2.05, 4.69) is 5.32 Å². The minimum atomic E-state index is -2.16. The minimum absolute atomic E-state index is 0.00452. The van der Waals surface area contributed by atoms with Gasteiger partial charge in [-0.1, -0.05) is 30.3 Å². The monoisotopic (exact) mass is 493 g/mol. The van der Waals surface area contributed by atoms with Gasteiger partial charge in [0.05, 0.1) is 25.3 Å². The molecule has 0 aromatic heterocycles. The summed E-state index contributed by atoms with van der Waals surface area (Å²) in [7, 11) is 2.80. The number of hydrogen-bond donors (Lipinski definition) is 2. The van der Waals surface area contributed by atoms with E-state index in [1.807, 2.05) is 0 Å². The molecular weight excluding hydrogens is 470 g/mol. The number of para-hydroxylation sites is 1. The average Bonchev–Trinajstić information content (AvgIpc) is 2.90. The van der Waals surface area contributed by atoms with Crippen molar-refractivity contribution in [1.29, 1.82) is 0 Å². The largest absolute Gasteiger partial charge is 0.497 e. The van der Waals surface area contributed by atoms with E-state index in [1.54, 1.807) is 42.5 Å². The Kier molecular flexibility index (Phi) is 8.60. The molecule has 3 aromatic rings. The topological polar surface area (TPSA) is 137 Å². The summed E-state index contributed by atoms with van der Waals surface area (Å²) >= 11 is 0. The van der Waals surface area contributed by atoms with E-state index in [0.717, 1.165) is 0 Å². The molecule has 0 saturated heterocycles. The molecule has 0 aliphatic heterocycles. The SMILES string of the molecule is COc1cccc(C(=O)O[C@H](C(=O)Nc2ccccc2)[C@@H](OC(=O)c2cccc(OC)c2)C(=O)O)c1. The minimum Gasteiger partial charge on any atom is -0.497 e. The zero-order chi connectivity index (χ0) is 26.1. The number of carboxylic acid groups (broad SMARTS) is 1. The summed E-state index contributed by atoms with van der Waals surface area (Å²) in [5.74, 6) is -4.11. The third kappa shape index (κ3) is 6.60. The lowest BCUT2D eigenvalue weighted by molar-refractivity contribution is -0.157. The third-order valence-electron chi connectivity index (χ3n) is 4.90. The van der Waals surface area contributed by atoms with Crippen LogP contribution in [0, 0.1) is 0 Å². The normalized spacial score (nSPS) is 11.9. The number of hydrogen-bond acceptors (Lipinski definition) is 8. The number of carboxylic acids is 1. The van der Waals surface area contributed by atoms with Gasteiger partial charge in [-0.3, -0.25) is 4.79 Å². The van der Waals surface area contributed by atoms with Gasteiger partial charge in [0.1, 0.15) is 11.5 Å². The van der Waals surface area contributed by atoms with Crippen LogP contribution in [-0.2, 0) is 19.1 Å². The van der Waals surface area contributed by atoms with Crippen molar-refractivity contribution in [1.82, 2.24) is 0 Å². The summed E-state index contributed by atoms with van der Waals surface area (Å²) in [6.45, 7) is 0. The predicted molar refractivity (Wildman–Crippen MR) is 127 cm³/mol. The molecule has 3 aromatic carbocycles. The van der Waals surface area contributed by atoms with Gasteiger partial charge in [-0.25, -0.2) is 14.4 Å². The molecule has 10 heteroatoms. The van der Waals surface area contributed by atoms with Crippen LogP contribution in [0.15, 0.2) is 78.9 Å². The molecule has 0 heterocycles. The molecule has 0 radical (unpaired) electrons. The zero-order valence-electron chi connectivity index (χ0n) is 19.4. The molecular formula is C26H23NO9. The molecule has 3 rings (SSSR count). The standard InChI is InChI=1S/C26H23NO9/c1-33-19-12-6-8-16(14-19)25(31)35-21(23(28)27-18-10-4-3-5-11-18)22(24(29)30)36-26(32)17-9-7-13-20(15-17)34-2/h3-15,21-22H,1-2H3,(H,27,28)(H,29,30)/t21-,22+/m0/s1. The van der Waals surface area contributed by atoms with E-state index in [1.165, 1.54) is 50.6 Å². The van der Waals surface area contributed by atoms with E-state index >= 15 is 0 Å². The van der Waals surface area contributed by atoms with E-state index in [4.69, 9.17) is 18.9 Å². The highest BCUT2D eigenvalue weighted by Crippen LogP contribution is 2.19. The van der Waals surface area contributed by atoms with Crippen molar-refractivity contribution >= 4 is 29.5 Å². The summed E-state index contributed by atoms with van der Waals surface area (Å²) < 4.78 is 20.6. The van der Waals surface area contributed by atoms with Crippen molar-refractivity contribution in [2.75, 3.05) is 19.5 Å². The highest BCUT2D eigenvalue weighted by molar-refractivity contribution is 6.01. The predicted octanol–water partition coefficient (Wildman–Crippen LogP) is 3.18. The van der Waals surface area contributed by atoms with Crippen LogP contribution >= 0.6 is 0 Å². The van der Waals surface area contributed by atoms with Gasteiger partial charge in [-0.15, -0.1) is 0 Å². The molecule has 0 spiro atoms. The lowest BCUT2D eigenvalue weighted by Crippen LogP contribution is -2.48. The smallest absolute Gasteiger partial charge is 0.349 e. The van der Waals surface area contributed by atoms with Gasteiger partial charge in [0.25, 0.3) is 5.91 Å². The molecule has 0 bridgehead atoms. The molecule has 1 amide bonds. The van der Waals surface area contributed by atoms with Gasteiger partial charge in [0.15, 0.2) is 0 Å². The number of nitrogens with one attached hydrogen (secondary N) is 1. The Bertz CT molecular complexity index is 1240. The molecule has 0 saturated carbocycles. The fraction of sp³-hybridized carbons (Fsp3) is 0.154. The van der Waals surface area contributed by atoms with E-state index in [9.17, 15) is 24.3 Å². The van der Waals surface area contributed by atoms with Gasteiger partial charge < -0.3 is 29.4 Å². The molecule has 0 fully saturated rings. The molecule has 186 valence electrons. The Morgan fingerprint density at radius 2 is 1.19 bits per heavy atom. The second-order valence-corrected chi connectivity index (χ2v) is 7.31. The van der Waals surface area contributed by atoms with Crippen LogP contribution in [0.1, 0.15) is 20.7 Å². The van der Waals surface area contributed by atoms with Crippen LogP contribution in [0.2, 0.25) is 0 Å². The summed E-state index contributed by atoms with van der Waals surface area (Å²) in [6.07, 6.45) is -4.20. The van der Waals surface area contributed by atoms with Crippen LogP contribution in [0.3, 0.4) is 0 Å². The Hall–Kier alpha value is -4.86. The van der Waals surface area contributed by atoms with Gasteiger partial charge in [-0.2, -0.15) is 0 Å². The fourth-order valence-corrected chi connectivity index (χ4v) is 3.10. The highest BCUT2D eigenvalue weighted by Gasteiger charge is 2.41. The Morgan fingerprint density at radius 1 is 0.694 bits per heavy atom. The molecule has 0 unspecified atom stereocenters. The van der Waals surface area contributed by atoms with Crippen molar-refractivity contribution in [3.05, 3.63) is 90.0 Å². The maximum atomic E-state index is 13.1. The molecule has 36 heavy (non-hydrogen) atoms. The second-order valence-electron chi connectivity index (χ2n) is 7.31. The van der Waals surface area contributed by atoms with Crippen LogP contribution < -0.4 is 14.8 Å². The third-order valence-corrected chi connectivity index (χ3v) is 4.90. The average molecular weight is 493 g/mol. The second kappa shape index (κ2) is 12.0. The maximum absolute atomic E-state index is 13.1. The summed E-state index contributed by atoms with van der Waals surface area (Å²) in [5.41, 5.74) is 0.283. The van der Waals surface area contributed by atoms with Crippen LogP contribution in [-0.4, -0.2) is 55.3 Å². The Balaban J connectivity index is 1.91. The van der Waals surface area contributed by atoms with Crippen molar-refractivity contribution in [3.63, 3.8) is 0 Å². The number of carbonyl (C=O) groups excluding carboxylic acids is 3. The first-order valence-electron chi connectivity index (χ1n) is 10.6. The van der Waals surface area contributed by atoms with Crippen LogP contribution in [0.25, 0.3) is 0 Å². The Labute approximate surface area is 206 Å². The number of rotatable bonds is 10. The summed E-state index contributed by atoms with van der Waals surface area (Å²) in [5, 5.41) is 12.3.